The van der Waals surface area contributed by atoms with Crippen molar-refractivity contribution >= 4 is 0 Å². The van der Waals surface area contributed by atoms with Gasteiger partial charge in [0, 0.05) is 0 Å². The lowest BCUT2D eigenvalue weighted by Gasteiger charge is -2.31. The molecule has 1 heteroatoms. The van der Waals surface area contributed by atoms with Crippen molar-refractivity contribution in [1.29, 1.82) is 0 Å². The summed E-state index contributed by atoms with van der Waals surface area (Å²) < 4.78 is 0. The molecule has 0 amide bonds. The summed E-state index contributed by atoms with van der Waals surface area (Å²) in [6.07, 6.45) is 9.04. The molecule has 2 aliphatic carbocycles. The van der Waals surface area contributed by atoms with E-state index in [1.54, 1.807) is 6.42 Å². The van der Waals surface area contributed by atoms with Gasteiger partial charge < -0.3 is 5.32 Å². The van der Waals surface area contributed by atoms with Crippen LogP contribution in [-0.2, 0) is 0 Å². The first-order chi connectivity index (χ1) is 6.83. The molecule has 82 valence electrons. The Morgan fingerprint density at radius 1 is 1.00 bits per heavy atom. The second-order valence-corrected chi connectivity index (χ2v) is 5.50. The van der Waals surface area contributed by atoms with Crippen LogP contribution in [0.15, 0.2) is 0 Å². The van der Waals surface area contributed by atoms with Gasteiger partial charge in [-0.15, -0.1) is 0 Å². The molecular formula is C13H25N. The highest BCUT2D eigenvalue weighted by molar-refractivity contribution is 4.89. The molecule has 2 rings (SSSR count). The van der Waals surface area contributed by atoms with Crippen molar-refractivity contribution in [2.45, 2.75) is 45.4 Å². The van der Waals surface area contributed by atoms with E-state index < -0.39 is 0 Å². The van der Waals surface area contributed by atoms with E-state index >= 15 is 0 Å². The monoisotopic (exact) mass is 195 g/mol. The number of rotatable bonds is 3. The van der Waals surface area contributed by atoms with Crippen LogP contribution in [0.25, 0.3) is 0 Å². The van der Waals surface area contributed by atoms with Gasteiger partial charge in [-0.1, -0.05) is 19.8 Å². The first-order valence-electron chi connectivity index (χ1n) is 6.48. The topological polar surface area (TPSA) is 12.0 Å². The maximum absolute atomic E-state index is 3.34. The zero-order valence-corrected chi connectivity index (χ0v) is 9.76. The minimum Gasteiger partial charge on any atom is -0.319 e. The predicted molar refractivity (Wildman–Crippen MR) is 61.3 cm³/mol. The third-order valence-corrected chi connectivity index (χ3v) is 4.59. The van der Waals surface area contributed by atoms with Gasteiger partial charge in [-0.05, 0) is 62.9 Å². The van der Waals surface area contributed by atoms with Crippen molar-refractivity contribution in [3.8, 4) is 0 Å². The van der Waals surface area contributed by atoms with Gasteiger partial charge in [-0.3, -0.25) is 0 Å². The van der Waals surface area contributed by atoms with Crippen molar-refractivity contribution in [3.05, 3.63) is 0 Å². The van der Waals surface area contributed by atoms with Gasteiger partial charge in [0.05, 0.1) is 0 Å². The Morgan fingerprint density at radius 3 is 2.43 bits per heavy atom. The minimum absolute atomic E-state index is 0.991. The molecule has 2 fully saturated rings. The smallest absolute Gasteiger partial charge is 0.00233 e. The fourth-order valence-corrected chi connectivity index (χ4v) is 3.80. The second kappa shape index (κ2) is 4.65. The van der Waals surface area contributed by atoms with Crippen molar-refractivity contribution < 1.29 is 0 Å². The molecule has 0 radical (unpaired) electrons. The molecule has 0 aliphatic heterocycles. The highest BCUT2D eigenvalue weighted by Crippen LogP contribution is 2.47. The quantitative estimate of drug-likeness (QED) is 0.730. The molecule has 0 bridgehead atoms. The predicted octanol–water partition coefficient (Wildman–Crippen LogP) is 3.06. The van der Waals surface area contributed by atoms with Gasteiger partial charge >= 0.3 is 0 Å². The lowest BCUT2D eigenvalue weighted by molar-refractivity contribution is 0.204. The summed E-state index contributed by atoms with van der Waals surface area (Å²) in [5, 5.41) is 3.34. The van der Waals surface area contributed by atoms with Crippen LogP contribution in [0, 0.1) is 23.7 Å². The van der Waals surface area contributed by atoms with Gasteiger partial charge in [-0.25, -0.2) is 0 Å². The standard InChI is InChI=1S/C13H25N/c1-3-10-4-5-12-7-11(9-14-2)8-13(12)6-10/h10-14H,3-9H2,1-2H3. The molecule has 14 heavy (non-hydrogen) atoms. The molecule has 0 aromatic carbocycles. The second-order valence-electron chi connectivity index (χ2n) is 5.50. The Bertz CT molecular complexity index is 178. The highest BCUT2D eigenvalue weighted by Gasteiger charge is 2.37. The Kier molecular flexibility index (Phi) is 3.48. The molecule has 2 aliphatic rings. The van der Waals surface area contributed by atoms with Crippen LogP contribution >= 0.6 is 0 Å². The highest BCUT2D eigenvalue weighted by atomic mass is 14.8. The first kappa shape index (κ1) is 10.5. The molecule has 0 aromatic heterocycles. The van der Waals surface area contributed by atoms with E-state index in [1.165, 1.54) is 38.6 Å². The molecule has 2 saturated carbocycles. The number of nitrogens with one attached hydrogen (secondary N) is 1. The van der Waals surface area contributed by atoms with Crippen LogP contribution in [0.5, 0.6) is 0 Å². The summed E-state index contributed by atoms with van der Waals surface area (Å²) in [5.74, 6) is 4.23. The number of hydrogen-bond acceptors (Lipinski definition) is 1. The van der Waals surface area contributed by atoms with Crippen LogP contribution in [0.3, 0.4) is 0 Å². The molecule has 0 spiro atoms. The third-order valence-electron chi connectivity index (χ3n) is 4.59. The average Bonchev–Trinajstić information content (AvgIpc) is 2.59. The fraction of sp³-hybridized carbons (Fsp3) is 1.00. The SMILES string of the molecule is CCC1CCC2CC(CNC)CC2C1. The van der Waals surface area contributed by atoms with Gasteiger partial charge in [0.2, 0.25) is 0 Å². The lowest BCUT2D eigenvalue weighted by Crippen LogP contribution is -2.20. The fourth-order valence-electron chi connectivity index (χ4n) is 3.80. The molecule has 0 heterocycles. The lowest BCUT2D eigenvalue weighted by atomic mass is 9.75. The van der Waals surface area contributed by atoms with Crippen LogP contribution in [0.1, 0.15) is 45.4 Å². The largest absolute Gasteiger partial charge is 0.319 e. The number of hydrogen-bond donors (Lipinski definition) is 1. The molecule has 0 saturated heterocycles. The van der Waals surface area contributed by atoms with Crippen LogP contribution in [-0.4, -0.2) is 13.6 Å². The van der Waals surface area contributed by atoms with Crippen molar-refractivity contribution in [1.82, 2.24) is 5.32 Å². The van der Waals surface area contributed by atoms with Crippen molar-refractivity contribution in [3.63, 3.8) is 0 Å². The number of fused-ring (bicyclic) bond motifs is 1. The van der Waals surface area contributed by atoms with E-state index in [0.29, 0.717) is 0 Å². The summed E-state index contributed by atoms with van der Waals surface area (Å²) in [4.78, 5) is 0. The third kappa shape index (κ3) is 2.13. The molecular weight excluding hydrogens is 170 g/mol. The maximum Gasteiger partial charge on any atom is -0.00233 e. The van der Waals surface area contributed by atoms with E-state index in [2.05, 4.69) is 19.3 Å². The summed E-state index contributed by atoms with van der Waals surface area (Å²) >= 11 is 0. The Morgan fingerprint density at radius 2 is 1.71 bits per heavy atom. The molecule has 1 N–H and O–H groups in total. The van der Waals surface area contributed by atoms with Crippen molar-refractivity contribution in [2.24, 2.45) is 23.7 Å². The normalized spacial score (nSPS) is 42.4. The summed E-state index contributed by atoms with van der Waals surface area (Å²) in [6.45, 7) is 3.62. The van der Waals surface area contributed by atoms with Crippen LogP contribution in [0.2, 0.25) is 0 Å². The van der Waals surface area contributed by atoms with Crippen molar-refractivity contribution in [2.75, 3.05) is 13.6 Å². The average molecular weight is 195 g/mol. The molecule has 0 aromatic rings. The minimum atomic E-state index is 0.991. The van der Waals surface area contributed by atoms with Gasteiger partial charge in [0.25, 0.3) is 0 Å². The Balaban J connectivity index is 1.85. The summed E-state index contributed by atoms with van der Waals surface area (Å²) in [5.41, 5.74) is 0. The Labute approximate surface area is 88.7 Å². The summed E-state index contributed by atoms with van der Waals surface area (Å²) in [6, 6.07) is 0. The van der Waals surface area contributed by atoms with Crippen LogP contribution in [0.4, 0.5) is 0 Å². The first-order valence-corrected chi connectivity index (χ1v) is 6.48. The van der Waals surface area contributed by atoms with E-state index in [1.807, 2.05) is 0 Å². The van der Waals surface area contributed by atoms with E-state index in [-0.39, 0.29) is 0 Å². The summed E-state index contributed by atoms with van der Waals surface area (Å²) in [7, 11) is 2.09. The Hall–Kier alpha value is -0.0400. The molecule has 4 atom stereocenters. The molecule has 1 nitrogen and oxygen atoms in total. The zero-order valence-electron chi connectivity index (χ0n) is 9.76. The molecule has 4 unspecified atom stereocenters. The van der Waals surface area contributed by atoms with Gasteiger partial charge in [-0.2, -0.15) is 0 Å². The van der Waals surface area contributed by atoms with E-state index in [9.17, 15) is 0 Å². The van der Waals surface area contributed by atoms with Gasteiger partial charge in [0.1, 0.15) is 0 Å². The maximum atomic E-state index is 3.34. The van der Waals surface area contributed by atoms with Crippen LogP contribution < -0.4 is 5.32 Å². The van der Waals surface area contributed by atoms with E-state index in [0.717, 1.165) is 23.7 Å². The van der Waals surface area contributed by atoms with E-state index in [4.69, 9.17) is 0 Å². The zero-order chi connectivity index (χ0) is 9.97. The van der Waals surface area contributed by atoms with Gasteiger partial charge in [0.15, 0.2) is 0 Å².